The third kappa shape index (κ3) is 2.40. The molecule has 0 aliphatic rings. The van der Waals surface area contributed by atoms with Crippen LogP contribution in [0, 0.1) is 0 Å². The van der Waals surface area contributed by atoms with Gasteiger partial charge in [-0.1, -0.05) is 48.5 Å². The van der Waals surface area contributed by atoms with E-state index in [1.807, 2.05) is 42.5 Å². The van der Waals surface area contributed by atoms with Crippen molar-refractivity contribution in [3.63, 3.8) is 0 Å². The van der Waals surface area contributed by atoms with Gasteiger partial charge in [-0.2, -0.15) is 0 Å². The van der Waals surface area contributed by atoms with Crippen molar-refractivity contribution in [1.29, 1.82) is 0 Å². The molecule has 1 N–H and O–H groups in total. The normalized spacial score (nSPS) is 10.4. The highest BCUT2D eigenvalue weighted by atomic mass is 16.4. The summed E-state index contributed by atoms with van der Waals surface area (Å²) in [6, 6.07) is 16.9. The third-order valence-electron chi connectivity index (χ3n) is 3.29. The standard InChI is InChI=1S/C17H12N2O3/c20-16-15(17(21)22)18-10-11-19(16)14-9-5-4-8-13(14)12-6-2-1-3-7-12/h1-11H,(H,21,22). The third-order valence-corrected chi connectivity index (χ3v) is 3.29. The molecular formula is C17H12N2O3. The first-order valence-electron chi connectivity index (χ1n) is 6.64. The fraction of sp³-hybridized carbons (Fsp3) is 0. The van der Waals surface area contributed by atoms with Gasteiger partial charge in [0, 0.05) is 18.0 Å². The van der Waals surface area contributed by atoms with E-state index in [4.69, 9.17) is 5.11 Å². The molecule has 1 heterocycles. The summed E-state index contributed by atoms with van der Waals surface area (Å²) >= 11 is 0. The molecule has 22 heavy (non-hydrogen) atoms. The van der Waals surface area contributed by atoms with E-state index >= 15 is 0 Å². The number of carboxylic acid groups (broad SMARTS) is 1. The van der Waals surface area contributed by atoms with Crippen molar-refractivity contribution in [2.45, 2.75) is 0 Å². The van der Waals surface area contributed by atoms with Crippen molar-refractivity contribution in [2.24, 2.45) is 0 Å². The lowest BCUT2D eigenvalue weighted by molar-refractivity contribution is 0.0688. The molecule has 0 saturated carbocycles. The van der Waals surface area contributed by atoms with E-state index < -0.39 is 17.2 Å². The Balaban J connectivity index is 2.25. The van der Waals surface area contributed by atoms with E-state index in [0.29, 0.717) is 5.69 Å². The van der Waals surface area contributed by atoms with Gasteiger partial charge >= 0.3 is 5.97 Å². The van der Waals surface area contributed by atoms with Crippen molar-refractivity contribution in [3.05, 3.63) is 83.0 Å². The molecule has 0 bridgehead atoms. The monoisotopic (exact) mass is 292 g/mol. The van der Waals surface area contributed by atoms with Crippen LogP contribution in [0.1, 0.15) is 10.5 Å². The van der Waals surface area contributed by atoms with Crippen LogP contribution in [0.4, 0.5) is 0 Å². The van der Waals surface area contributed by atoms with Gasteiger partial charge in [0.15, 0.2) is 0 Å². The maximum Gasteiger partial charge on any atom is 0.360 e. The Kier molecular flexibility index (Phi) is 3.53. The van der Waals surface area contributed by atoms with E-state index in [9.17, 15) is 9.59 Å². The highest BCUT2D eigenvalue weighted by molar-refractivity contribution is 5.85. The van der Waals surface area contributed by atoms with Crippen LogP contribution in [-0.2, 0) is 0 Å². The zero-order valence-electron chi connectivity index (χ0n) is 11.5. The average molecular weight is 292 g/mol. The largest absolute Gasteiger partial charge is 0.476 e. The maximum atomic E-state index is 12.3. The Morgan fingerprint density at radius 1 is 1.00 bits per heavy atom. The van der Waals surface area contributed by atoms with Crippen LogP contribution in [0.3, 0.4) is 0 Å². The molecule has 0 amide bonds. The molecule has 1 aromatic heterocycles. The minimum Gasteiger partial charge on any atom is -0.476 e. The van der Waals surface area contributed by atoms with E-state index in [-0.39, 0.29) is 0 Å². The van der Waals surface area contributed by atoms with Crippen molar-refractivity contribution >= 4 is 5.97 Å². The van der Waals surface area contributed by atoms with Crippen LogP contribution in [0.15, 0.2) is 71.8 Å². The first kappa shape index (κ1) is 13.8. The molecule has 3 rings (SSSR count). The molecule has 5 nitrogen and oxygen atoms in total. The van der Waals surface area contributed by atoms with Crippen molar-refractivity contribution in [2.75, 3.05) is 0 Å². The molecule has 0 spiro atoms. The highest BCUT2D eigenvalue weighted by Gasteiger charge is 2.15. The predicted octanol–water partition coefficient (Wildman–Crippen LogP) is 2.60. The molecule has 5 heteroatoms. The Morgan fingerprint density at radius 3 is 2.41 bits per heavy atom. The van der Waals surface area contributed by atoms with Crippen molar-refractivity contribution < 1.29 is 9.90 Å². The lowest BCUT2D eigenvalue weighted by atomic mass is 10.0. The summed E-state index contributed by atoms with van der Waals surface area (Å²) in [7, 11) is 0. The molecule has 3 aromatic rings. The molecule has 2 aromatic carbocycles. The Hall–Kier alpha value is -3.21. The topological polar surface area (TPSA) is 72.2 Å². The number of benzene rings is 2. The quantitative estimate of drug-likeness (QED) is 0.805. The van der Waals surface area contributed by atoms with Crippen LogP contribution in [0.2, 0.25) is 0 Å². The van der Waals surface area contributed by atoms with E-state index in [2.05, 4.69) is 4.98 Å². The molecular weight excluding hydrogens is 280 g/mol. The van der Waals surface area contributed by atoms with Gasteiger partial charge in [-0.15, -0.1) is 0 Å². The maximum absolute atomic E-state index is 12.3. The molecule has 0 aliphatic carbocycles. The summed E-state index contributed by atoms with van der Waals surface area (Å²) in [6.07, 6.45) is 2.78. The lowest BCUT2D eigenvalue weighted by Gasteiger charge is -2.12. The Bertz CT molecular complexity index is 886. The zero-order valence-corrected chi connectivity index (χ0v) is 11.5. The zero-order chi connectivity index (χ0) is 15.5. The molecule has 0 saturated heterocycles. The Morgan fingerprint density at radius 2 is 1.68 bits per heavy atom. The summed E-state index contributed by atoms with van der Waals surface area (Å²) in [5.41, 5.74) is 1.25. The summed E-state index contributed by atoms with van der Waals surface area (Å²) in [4.78, 5) is 27.0. The average Bonchev–Trinajstić information content (AvgIpc) is 2.56. The lowest BCUT2D eigenvalue weighted by Crippen LogP contribution is -2.26. The van der Waals surface area contributed by atoms with Crippen LogP contribution < -0.4 is 5.56 Å². The number of rotatable bonds is 3. The minimum atomic E-state index is -1.34. The number of hydrogen-bond acceptors (Lipinski definition) is 3. The van der Waals surface area contributed by atoms with E-state index in [1.54, 1.807) is 12.1 Å². The fourth-order valence-electron chi connectivity index (χ4n) is 2.29. The summed E-state index contributed by atoms with van der Waals surface area (Å²) in [5, 5.41) is 9.05. The molecule has 0 aliphatic heterocycles. The first-order chi connectivity index (χ1) is 10.7. The highest BCUT2D eigenvalue weighted by Crippen LogP contribution is 2.25. The molecule has 0 fully saturated rings. The minimum absolute atomic E-state index is 0.495. The van der Waals surface area contributed by atoms with Gasteiger partial charge in [0.1, 0.15) is 0 Å². The van der Waals surface area contributed by atoms with Gasteiger partial charge in [-0.05, 0) is 11.6 Å². The second-order valence-electron chi connectivity index (χ2n) is 4.64. The summed E-state index contributed by atoms with van der Waals surface area (Å²) in [5.74, 6) is -1.34. The van der Waals surface area contributed by atoms with Crippen molar-refractivity contribution in [1.82, 2.24) is 9.55 Å². The van der Waals surface area contributed by atoms with Crippen LogP contribution in [-0.4, -0.2) is 20.6 Å². The van der Waals surface area contributed by atoms with E-state index in [1.165, 1.54) is 17.0 Å². The number of hydrogen-bond donors (Lipinski definition) is 1. The summed E-state index contributed by atoms with van der Waals surface area (Å²) < 4.78 is 1.30. The number of carboxylic acids is 1. The smallest absolute Gasteiger partial charge is 0.360 e. The second kappa shape index (κ2) is 5.65. The second-order valence-corrected chi connectivity index (χ2v) is 4.64. The molecule has 0 radical (unpaired) electrons. The Labute approximate surface area is 126 Å². The van der Waals surface area contributed by atoms with Gasteiger partial charge in [-0.3, -0.25) is 9.36 Å². The number of carbonyl (C=O) groups is 1. The van der Waals surface area contributed by atoms with Crippen molar-refractivity contribution in [3.8, 4) is 16.8 Å². The predicted molar refractivity (Wildman–Crippen MR) is 82.2 cm³/mol. The van der Waals surface area contributed by atoms with Gasteiger partial charge in [0.05, 0.1) is 5.69 Å². The van der Waals surface area contributed by atoms with Crippen LogP contribution >= 0.6 is 0 Å². The van der Waals surface area contributed by atoms with Crippen LogP contribution in [0.5, 0.6) is 0 Å². The molecule has 108 valence electrons. The number of aromatic carboxylic acids is 1. The number of nitrogens with zero attached hydrogens (tertiary/aromatic N) is 2. The van der Waals surface area contributed by atoms with E-state index in [0.717, 1.165) is 11.1 Å². The number of para-hydroxylation sites is 1. The van der Waals surface area contributed by atoms with Gasteiger partial charge in [0.25, 0.3) is 5.56 Å². The fourth-order valence-corrected chi connectivity index (χ4v) is 2.29. The first-order valence-corrected chi connectivity index (χ1v) is 6.64. The summed E-state index contributed by atoms with van der Waals surface area (Å²) in [6.45, 7) is 0. The van der Waals surface area contributed by atoms with Gasteiger partial charge in [0.2, 0.25) is 5.69 Å². The van der Waals surface area contributed by atoms with Gasteiger partial charge in [-0.25, -0.2) is 9.78 Å². The molecule has 0 unspecified atom stereocenters. The van der Waals surface area contributed by atoms with Gasteiger partial charge < -0.3 is 5.11 Å². The number of aromatic nitrogens is 2. The molecule has 0 atom stereocenters. The van der Waals surface area contributed by atoms with Crippen LogP contribution in [0.25, 0.3) is 16.8 Å². The SMILES string of the molecule is O=C(O)c1nccn(-c2ccccc2-c2ccccc2)c1=O.